The number of hydrogen-bond donors (Lipinski definition) is 1. The number of Topliss-reactive ketones (excluding diaryl/α,β-unsaturated/α-hetero) is 1. The molecule has 2 atom stereocenters. The molecule has 2 N–H and O–H groups in total. The van der Waals surface area contributed by atoms with E-state index in [1.165, 1.54) is 12.1 Å². The van der Waals surface area contributed by atoms with Crippen molar-refractivity contribution in [2.75, 3.05) is 26.3 Å². The number of carbonyl (C=O) groups is 1. The summed E-state index contributed by atoms with van der Waals surface area (Å²) < 4.78 is 19.2. The van der Waals surface area contributed by atoms with Crippen LogP contribution >= 0.6 is 0 Å². The minimum absolute atomic E-state index is 0.00191. The molecule has 0 aromatic heterocycles. The lowest BCUT2D eigenvalue weighted by molar-refractivity contribution is -0.117. The Morgan fingerprint density at radius 3 is 2.36 bits per heavy atom. The maximum absolute atomic E-state index is 13.7. The molecule has 3 aliphatic rings. The number of halogens is 1. The predicted octanol–water partition coefficient (Wildman–Crippen LogP) is 3.57. The van der Waals surface area contributed by atoms with Crippen molar-refractivity contribution in [3.8, 4) is 6.07 Å². The van der Waals surface area contributed by atoms with E-state index in [2.05, 4.69) is 11.1 Å². The highest BCUT2D eigenvalue weighted by molar-refractivity contribution is 6.00. The van der Waals surface area contributed by atoms with Gasteiger partial charge in [0.15, 0.2) is 5.78 Å². The number of allylic oxidation sites excluding steroid dienone is 3. The van der Waals surface area contributed by atoms with Gasteiger partial charge in [0, 0.05) is 30.8 Å². The molecule has 1 aliphatic carbocycles. The molecule has 7 heteroatoms. The van der Waals surface area contributed by atoms with Gasteiger partial charge in [-0.05, 0) is 35.6 Å². The van der Waals surface area contributed by atoms with Gasteiger partial charge in [0.05, 0.1) is 30.8 Å². The molecule has 0 bridgehead atoms. The number of morpholine rings is 1. The van der Waals surface area contributed by atoms with Crippen molar-refractivity contribution < 1.29 is 13.9 Å². The highest BCUT2D eigenvalue weighted by atomic mass is 19.1. The third kappa shape index (κ3) is 3.82. The fourth-order valence-electron chi connectivity index (χ4n) is 5.14. The first kappa shape index (κ1) is 21.4. The second-order valence-electron chi connectivity index (χ2n) is 8.57. The van der Waals surface area contributed by atoms with Gasteiger partial charge in [0.2, 0.25) is 0 Å². The number of carbonyl (C=O) groups excluding carboxylic acids is 1. The maximum Gasteiger partial charge on any atom is 0.162 e. The number of nitriles is 1. The molecule has 0 amide bonds. The number of ether oxygens (including phenoxy) is 1. The monoisotopic (exact) mass is 444 g/mol. The first-order chi connectivity index (χ1) is 16.1. The van der Waals surface area contributed by atoms with Gasteiger partial charge in [0.1, 0.15) is 11.6 Å². The Balaban J connectivity index is 1.66. The topological polar surface area (TPSA) is 82.6 Å². The molecule has 0 spiro atoms. The molecule has 0 radical (unpaired) electrons. The summed E-state index contributed by atoms with van der Waals surface area (Å²) in [6.45, 7) is 2.32. The normalized spacial score (nSPS) is 24.0. The molecule has 6 nitrogen and oxygen atoms in total. The third-order valence-electron chi connectivity index (χ3n) is 6.69. The van der Waals surface area contributed by atoms with Gasteiger partial charge in [0.25, 0.3) is 0 Å². The molecule has 2 aliphatic heterocycles. The summed E-state index contributed by atoms with van der Waals surface area (Å²) in [5.74, 6) is -0.626. The van der Waals surface area contributed by atoms with Crippen LogP contribution in [0.5, 0.6) is 0 Å². The van der Waals surface area contributed by atoms with Crippen molar-refractivity contribution in [2.24, 2.45) is 5.73 Å². The zero-order chi connectivity index (χ0) is 22.9. The number of nitrogens with zero attached hydrogens (tertiary/aromatic N) is 3. The number of ketones is 1. The second-order valence-corrected chi connectivity index (χ2v) is 8.57. The Hall–Kier alpha value is -3.47. The number of hydrazine groups is 1. The summed E-state index contributed by atoms with van der Waals surface area (Å²) in [5.41, 5.74) is 10.2. The van der Waals surface area contributed by atoms with Crippen molar-refractivity contribution in [1.29, 1.82) is 5.26 Å². The Labute approximate surface area is 192 Å². The van der Waals surface area contributed by atoms with E-state index in [9.17, 15) is 14.4 Å². The largest absolute Gasteiger partial charge is 0.383 e. The Bertz CT molecular complexity index is 1160. The zero-order valence-electron chi connectivity index (χ0n) is 18.2. The van der Waals surface area contributed by atoms with Crippen molar-refractivity contribution >= 4 is 5.78 Å². The molecule has 0 saturated carbocycles. The van der Waals surface area contributed by atoms with Crippen molar-refractivity contribution in [3.63, 3.8) is 0 Å². The van der Waals surface area contributed by atoms with Gasteiger partial charge < -0.3 is 10.5 Å². The standard InChI is InChI=1S/C26H25FN4O2/c27-20-8-6-18(7-9-20)24-21(16-28)26(29)31(30-10-12-33-13-11-30)22-14-19(15-23(32)25(22)24)17-4-2-1-3-5-17/h1-9,19,24H,10-15,29H2/t19-,24-/m0/s1. The van der Waals surface area contributed by atoms with Gasteiger partial charge in [-0.15, -0.1) is 0 Å². The molecule has 5 rings (SSSR count). The Morgan fingerprint density at radius 2 is 1.70 bits per heavy atom. The van der Waals surface area contributed by atoms with E-state index in [4.69, 9.17) is 10.5 Å². The molecule has 33 heavy (non-hydrogen) atoms. The van der Waals surface area contributed by atoms with Gasteiger partial charge >= 0.3 is 0 Å². The Morgan fingerprint density at radius 1 is 1.00 bits per heavy atom. The summed E-state index contributed by atoms with van der Waals surface area (Å²) in [6.07, 6.45) is 0.982. The molecule has 2 heterocycles. The summed E-state index contributed by atoms with van der Waals surface area (Å²) in [6, 6.07) is 18.3. The van der Waals surface area contributed by atoms with Crippen LogP contribution in [0.2, 0.25) is 0 Å². The van der Waals surface area contributed by atoms with Crippen LogP contribution in [-0.4, -0.2) is 42.1 Å². The molecule has 1 fully saturated rings. The van der Waals surface area contributed by atoms with Gasteiger partial charge in [-0.1, -0.05) is 42.5 Å². The van der Waals surface area contributed by atoms with Gasteiger partial charge in [-0.2, -0.15) is 5.26 Å². The average Bonchev–Trinajstić information content (AvgIpc) is 2.85. The van der Waals surface area contributed by atoms with Crippen LogP contribution in [0.25, 0.3) is 0 Å². The predicted molar refractivity (Wildman–Crippen MR) is 121 cm³/mol. The number of nitrogens with two attached hydrogens (primary N) is 1. The lowest BCUT2D eigenvalue weighted by Crippen LogP contribution is -2.52. The number of benzene rings is 2. The first-order valence-electron chi connectivity index (χ1n) is 11.2. The zero-order valence-corrected chi connectivity index (χ0v) is 18.2. The van der Waals surface area contributed by atoms with E-state index >= 15 is 0 Å². The SMILES string of the molecule is N#CC1=C(N)N(N2CCOCC2)C2=C(C(=O)C[C@@H](c3ccccc3)C2)[C@H]1c1ccc(F)cc1. The van der Waals surface area contributed by atoms with Crippen LogP contribution in [0.1, 0.15) is 35.8 Å². The second kappa shape index (κ2) is 8.81. The quantitative estimate of drug-likeness (QED) is 0.780. The molecular formula is C26H25FN4O2. The molecular weight excluding hydrogens is 419 g/mol. The smallest absolute Gasteiger partial charge is 0.162 e. The van der Waals surface area contributed by atoms with Gasteiger partial charge in [-0.25, -0.2) is 9.40 Å². The fourth-order valence-corrected chi connectivity index (χ4v) is 5.14. The molecule has 2 aromatic carbocycles. The number of rotatable bonds is 3. The lowest BCUT2D eigenvalue weighted by atomic mass is 9.72. The fraction of sp³-hybridized carbons (Fsp3) is 0.308. The summed E-state index contributed by atoms with van der Waals surface area (Å²) >= 11 is 0. The van der Waals surface area contributed by atoms with Crippen LogP contribution in [0, 0.1) is 17.1 Å². The van der Waals surface area contributed by atoms with E-state index in [0.29, 0.717) is 61.7 Å². The van der Waals surface area contributed by atoms with E-state index in [-0.39, 0.29) is 17.5 Å². The van der Waals surface area contributed by atoms with Crippen molar-refractivity contribution in [2.45, 2.75) is 24.7 Å². The summed E-state index contributed by atoms with van der Waals surface area (Å²) in [7, 11) is 0. The summed E-state index contributed by atoms with van der Waals surface area (Å²) in [5, 5.41) is 14.0. The highest BCUT2D eigenvalue weighted by Crippen LogP contribution is 2.48. The van der Waals surface area contributed by atoms with Gasteiger partial charge in [-0.3, -0.25) is 9.80 Å². The number of hydrogen-bond acceptors (Lipinski definition) is 6. The summed E-state index contributed by atoms with van der Waals surface area (Å²) in [4.78, 5) is 13.7. The van der Waals surface area contributed by atoms with Crippen molar-refractivity contribution in [3.05, 3.63) is 94.2 Å². The average molecular weight is 445 g/mol. The molecule has 2 aromatic rings. The van der Waals surface area contributed by atoms with Crippen LogP contribution in [0.15, 0.2) is 77.3 Å². The van der Waals surface area contributed by atoms with E-state index < -0.39 is 5.92 Å². The van der Waals surface area contributed by atoms with Crippen LogP contribution in [-0.2, 0) is 9.53 Å². The maximum atomic E-state index is 13.7. The van der Waals surface area contributed by atoms with Crippen molar-refractivity contribution in [1.82, 2.24) is 10.0 Å². The van der Waals surface area contributed by atoms with E-state index in [1.807, 2.05) is 35.3 Å². The Kier molecular flexibility index (Phi) is 5.71. The minimum atomic E-state index is -0.605. The first-order valence-corrected chi connectivity index (χ1v) is 11.2. The molecule has 0 unspecified atom stereocenters. The van der Waals surface area contributed by atoms with Crippen LogP contribution in [0.3, 0.4) is 0 Å². The van der Waals surface area contributed by atoms with E-state index in [0.717, 1.165) is 11.3 Å². The molecule has 1 saturated heterocycles. The highest BCUT2D eigenvalue weighted by Gasteiger charge is 2.44. The third-order valence-corrected chi connectivity index (χ3v) is 6.69. The lowest BCUT2D eigenvalue weighted by Gasteiger charge is -2.47. The minimum Gasteiger partial charge on any atom is -0.383 e. The van der Waals surface area contributed by atoms with Crippen LogP contribution < -0.4 is 5.73 Å². The molecule has 168 valence electrons. The van der Waals surface area contributed by atoms with E-state index in [1.54, 1.807) is 12.1 Å². The van der Waals surface area contributed by atoms with Crippen LogP contribution in [0.4, 0.5) is 4.39 Å².